The minimum atomic E-state index is -0.247. The van der Waals surface area contributed by atoms with E-state index in [4.69, 9.17) is 21.1 Å². The minimum absolute atomic E-state index is 0. The van der Waals surface area contributed by atoms with E-state index in [0.717, 1.165) is 17.5 Å². The maximum atomic E-state index is 13.2. The van der Waals surface area contributed by atoms with Crippen molar-refractivity contribution in [1.29, 1.82) is 0 Å². The molecule has 0 unspecified atom stereocenters. The zero-order valence-electron chi connectivity index (χ0n) is 14.9. The molecule has 0 fully saturated rings. The number of rotatable bonds is 5. The SMILES string of the molecule is CN=C(NCCc1cc(Cl)c2c(c1)OCCO2)NCc1cccc(F)c1.I. The summed E-state index contributed by atoms with van der Waals surface area (Å²) in [5.41, 5.74) is 1.90. The average Bonchev–Trinajstić information content (AvgIpc) is 2.64. The number of nitrogens with one attached hydrogen (secondary N) is 2. The Morgan fingerprint density at radius 1 is 1.15 bits per heavy atom. The lowest BCUT2D eigenvalue weighted by atomic mass is 10.1. The molecule has 0 spiro atoms. The van der Waals surface area contributed by atoms with Crippen LogP contribution in [0.15, 0.2) is 41.4 Å². The third-order valence-corrected chi connectivity index (χ3v) is 4.22. The van der Waals surface area contributed by atoms with Gasteiger partial charge in [0, 0.05) is 20.1 Å². The standard InChI is InChI=1S/C19H21ClFN3O2.HI/c1-22-19(24-12-14-3-2-4-15(21)9-14)23-6-5-13-10-16(20)18-17(11-13)25-7-8-26-18;/h2-4,9-11H,5-8,12H2,1H3,(H2,22,23,24);1H. The average molecular weight is 506 g/mol. The van der Waals surface area contributed by atoms with Crippen molar-refractivity contribution in [3.63, 3.8) is 0 Å². The van der Waals surface area contributed by atoms with Crippen molar-refractivity contribution in [2.24, 2.45) is 4.99 Å². The van der Waals surface area contributed by atoms with E-state index < -0.39 is 0 Å². The summed E-state index contributed by atoms with van der Waals surface area (Å²) in [6.07, 6.45) is 0.747. The van der Waals surface area contributed by atoms with Gasteiger partial charge in [-0.15, -0.1) is 24.0 Å². The van der Waals surface area contributed by atoms with Crippen molar-refractivity contribution in [3.05, 3.63) is 58.4 Å². The molecule has 1 heterocycles. The molecule has 146 valence electrons. The van der Waals surface area contributed by atoms with Gasteiger partial charge in [0.05, 0.1) is 5.02 Å². The van der Waals surface area contributed by atoms with Gasteiger partial charge in [0.25, 0.3) is 0 Å². The molecule has 0 saturated heterocycles. The maximum absolute atomic E-state index is 13.2. The number of aliphatic imine (C=N–C) groups is 1. The van der Waals surface area contributed by atoms with Crippen molar-refractivity contribution < 1.29 is 13.9 Å². The number of ether oxygens (including phenoxy) is 2. The molecule has 0 amide bonds. The van der Waals surface area contributed by atoms with Crippen molar-refractivity contribution >= 4 is 41.5 Å². The Hall–Kier alpha value is -1.74. The first-order valence-electron chi connectivity index (χ1n) is 8.42. The molecule has 0 bridgehead atoms. The van der Waals surface area contributed by atoms with Gasteiger partial charge >= 0.3 is 0 Å². The van der Waals surface area contributed by atoms with Gasteiger partial charge in [-0.25, -0.2) is 4.39 Å². The predicted octanol–water partition coefficient (Wildman–Crippen LogP) is 3.78. The minimum Gasteiger partial charge on any atom is -0.486 e. The molecular weight excluding hydrogens is 484 g/mol. The topological polar surface area (TPSA) is 54.9 Å². The number of benzene rings is 2. The molecule has 3 rings (SSSR count). The van der Waals surface area contributed by atoms with Gasteiger partial charge in [0.15, 0.2) is 17.5 Å². The van der Waals surface area contributed by atoms with Gasteiger partial charge in [-0.05, 0) is 41.8 Å². The summed E-state index contributed by atoms with van der Waals surface area (Å²) in [5.74, 6) is 1.70. The first kappa shape index (κ1) is 21.6. The van der Waals surface area contributed by atoms with E-state index in [2.05, 4.69) is 15.6 Å². The Bertz CT molecular complexity index is 805. The van der Waals surface area contributed by atoms with Crippen LogP contribution >= 0.6 is 35.6 Å². The highest BCUT2D eigenvalue weighted by Gasteiger charge is 2.16. The number of hydrogen-bond donors (Lipinski definition) is 2. The largest absolute Gasteiger partial charge is 0.486 e. The third kappa shape index (κ3) is 6.14. The van der Waals surface area contributed by atoms with Crippen LogP contribution in [0.25, 0.3) is 0 Å². The summed E-state index contributed by atoms with van der Waals surface area (Å²) in [7, 11) is 1.70. The molecule has 27 heavy (non-hydrogen) atoms. The van der Waals surface area contributed by atoms with Gasteiger partial charge in [-0.1, -0.05) is 23.7 Å². The summed E-state index contributed by atoms with van der Waals surface area (Å²) in [6, 6.07) is 10.3. The van der Waals surface area contributed by atoms with E-state index in [1.165, 1.54) is 12.1 Å². The Kier molecular flexibility index (Phi) is 8.43. The van der Waals surface area contributed by atoms with E-state index in [1.807, 2.05) is 18.2 Å². The highest BCUT2D eigenvalue weighted by atomic mass is 127. The van der Waals surface area contributed by atoms with Crippen LogP contribution in [-0.2, 0) is 13.0 Å². The van der Waals surface area contributed by atoms with E-state index in [1.54, 1.807) is 13.1 Å². The molecular formula is C19H22ClFIN3O2. The number of fused-ring (bicyclic) bond motifs is 1. The number of halogens is 3. The number of nitrogens with zero attached hydrogens (tertiary/aromatic N) is 1. The molecule has 0 saturated carbocycles. The molecule has 5 nitrogen and oxygen atoms in total. The van der Waals surface area contributed by atoms with E-state index in [9.17, 15) is 4.39 Å². The Morgan fingerprint density at radius 2 is 1.96 bits per heavy atom. The number of hydrogen-bond acceptors (Lipinski definition) is 3. The monoisotopic (exact) mass is 505 g/mol. The van der Waals surface area contributed by atoms with Gasteiger partial charge in [-0.2, -0.15) is 0 Å². The third-order valence-electron chi connectivity index (χ3n) is 3.94. The van der Waals surface area contributed by atoms with Gasteiger partial charge < -0.3 is 20.1 Å². The van der Waals surface area contributed by atoms with E-state index in [0.29, 0.717) is 48.8 Å². The normalized spacial score (nSPS) is 12.9. The first-order chi connectivity index (χ1) is 12.7. The smallest absolute Gasteiger partial charge is 0.191 e. The zero-order chi connectivity index (χ0) is 18.4. The Labute approximate surface area is 180 Å². The highest BCUT2D eigenvalue weighted by Crippen LogP contribution is 2.38. The second kappa shape index (κ2) is 10.6. The lowest BCUT2D eigenvalue weighted by Gasteiger charge is -2.20. The molecule has 1 aliphatic rings. The van der Waals surface area contributed by atoms with Crippen LogP contribution in [0.4, 0.5) is 4.39 Å². The second-order valence-corrected chi connectivity index (χ2v) is 6.24. The molecule has 8 heteroatoms. The van der Waals surface area contributed by atoms with Crippen LogP contribution in [0.1, 0.15) is 11.1 Å². The van der Waals surface area contributed by atoms with Crippen LogP contribution < -0.4 is 20.1 Å². The zero-order valence-corrected chi connectivity index (χ0v) is 18.0. The molecule has 2 N–H and O–H groups in total. The molecule has 0 aromatic heterocycles. The second-order valence-electron chi connectivity index (χ2n) is 5.83. The summed E-state index contributed by atoms with van der Waals surface area (Å²) >= 11 is 6.25. The Balaban J connectivity index is 0.00000261. The fourth-order valence-corrected chi connectivity index (χ4v) is 2.97. The molecule has 0 aliphatic carbocycles. The molecule has 2 aromatic rings. The summed E-state index contributed by atoms with van der Waals surface area (Å²) in [6.45, 7) is 2.20. The van der Waals surface area contributed by atoms with Crippen LogP contribution in [-0.4, -0.2) is 32.8 Å². The van der Waals surface area contributed by atoms with Gasteiger partial charge in [0.2, 0.25) is 0 Å². The summed E-state index contributed by atoms with van der Waals surface area (Å²) < 4.78 is 24.3. The van der Waals surface area contributed by atoms with Crippen molar-refractivity contribution in [1.82, 2.24) is 10.6 Å². The molecule has 2 aromatic carbocycles. The van der Waals surface area contributed by atoms with Crippen molar-refractivity contribution in [2.75, 3.05) is 26.8 Å². The van der Waals surface area contributed by atoms with Crippen LogP contribution in [0.2, 0.25) is 5.02 Å². The van der Waals surface area contributed by atoms with Crippen LogP contribution in [0.5, 0.6) is 11.5 Å². The molecule has 0 radical (unpaired) electrons. The van der Waals surface area contributed by atoms with Crippen molar-refractivity contribution in [2.45, 2.75) is 13.0 Å². The lowest BCUT2D eigenvalue weighted by molar-refractivity contribution is 0.171. The van der Waals surface area contributed by atoms with Crippen LogP contribution in [0, 0.1) is 5.82 Å². The quantitative estimate of drug-likeness (QED) is 0.369. The maximum Gasteiger partial charge on any atom is 0.191 e. The van der Waals surface area contributed by atoms with Gasteiger partial charge in [0.1, 0.15) is 19.0 Å². The summed E-state index contributed by atoms with van der Waals surface area (Å²) in [5, 5.41) is 6.96. The van der Waals surface area contributed by atoms with E-state index >= 15 is 0 Å². The number of guanidine groups is 1. The van der Waals surface area contributed by atoms with Crippen LogP contribution in [0.3, 0.4) is 0 Å². The Morgan fingerprint density at radius 3 is 2.74 bits per heavy atom. The van der Waals surface area contributed by atoms with E-state index in [-0.39, 0.29) is 29.8 Å². The van der Waals surface area contributed by atoms with Gasteiger partial charge in [-0.3, -0.25) is 4.99 Å². The lowest BCUT2D eigenvalue weighted by Crippen LogP contribution is -2.37. The summed E-state index contributed by atoms with van der Waals surface area (Å²) in [4.78, 5) is 4.17. The first-order valence-corrected chi connectivity index (χ1v) is 8.80. The van der Waals surface area contributed by atoms with Crippen molar-refractivity contribution in [3.8, 4) is 11.5 Å². The molecule has 1 aliphatic heterocycles. The fraction of sp³-hybridized carbons (Fsp3) is 0.316. The molecule has 0 atom stereocenters. The predicted molar refractivity (Wildman–Crippen MR) is 116 cm³/mol. The fourth-order valence-electron chi connectivity index (χ4n) is 2.69. The highest BCUT2D eigenvalue weighted by molar-refractivity contribution is 14.0.